The van der Waals surface area contributed by atoms with Crippen LogP contribution in [0.2, 0.25) is 0 Å². The zero-order chi connectivity index (χ0) is 55.5. The maximum Gasteiger partial charge on any atom is 0.408 e. The van der Waals surface area contributed by atoms with Crippen LogP contribution in [0.15, 0.2) is 121 Å². The fraction of sp³-hybridized carbons (Fsp3) is 0.276. The Kier molecular flexibility index (Phi) is 26.2. The van der Waals surface area contributed by atoms with E-state index < -0.39 is 42.2 Å². The molecule has 79 heavy (non-hydrogen) atoms. The number of hydrogen-bond acceptors (Lipinski definition) is 16. The van der Waals surface area contributed by atoms with Gasteiger partial charge in [0, 0.05) is 11.5 Å². The van der Waals surface area contributed by atoms with Crippen LogP contribution in [0.5, 0.6) is 46.0 Å². The molecule has 0 bridgehead atoms. The first-order valence-corrected chi connectivity index (χ1v) is 22.9. The standard InChI is InChI=1S/C25H23NO6.C11H12N2O4.C10H13NO4.C9H10O3.3CH4/c1-30-21-12-11-15(13-22(21)31-2)23(24(27)28)26-25(29)32-14-20-18-9-5-3-7-16(18)17-8-4-6-10-19(17)20;1-16-7-4-3-6(5-8(7)17-2)9-10(14)13-11(15)12-9;1-14-7-4-3-6(5-8(7)15-2)9(11)10(12)13;1-11-8-4-3-7(6-10)5-9(8)12-2;;;/h3-13,20,23H,14H2,1-2H3,(H,26,29)(H,27,28);3-5,9H,1-2H3,(H2,12,13,14,15);3-5,9H,11H2,1-2H3,(H,12,13);3-6H,1-2H3;3*1H4. The Bertz CT molecular complexity index is 2980. The summed E-state index contributed by atoms with van der Waals surface area (Å²) in [6.07, 6.45) is -0.0452. The highest BCUT2D eigenvalue weighted by Gasteiger charge is 2.32. The summed E-state index contributed by atoms with van der Waals surface area (Å²) < 4.78 is 46.1. The molecular weight excluding hydrogens is 1020 g/mol. The highest BCUT2D eigenvalue weighted by Crippen LogP contribution is 2.44. The molecule has 0 aromatic heterocycles. The van der Waals surface area contributed by atoms with Gasteiger partial charge in [-0.2, -0.15) is 0 Å². The predicted molar refractivity (Wildman–Crippen MR) is 296 cm³/mol. The van der Waals surface area contributed by atoms with E-state index in [4.69, 9.17) is 53.5 Å². The number of nitrogens with two attached hydrogens (primary N) is 1. The highest BCUT2D eigenvalue weighted by molar-refractivity contribution is 6.04. The molecule has 1 saturated heterocycles. The van der Waals surface area contributed by atoms with Gasteiger partial charge in [-0.15, -0.1) is 0 Å². The number of aldehydes is 1. The molecule has 0 saturated carbocycles. The van der Waals surface area contributed by atoms with Crippen LogP contribution in [0.4, 0.5) is 9.59 Å². The number of carbonyl (C=O) groups excluding carboxylic acids is 4. The van der Waals surface area contributed by atoms with E-state index >= 15 is 0 Å². The number of urea groups is 1. The molecule has 1 aliphatic heterocycles. The molecule has 1 aliphatic carbocycles. The number of carboxylic acid groups (broad SMARTS) is 2. The van der Waals surface area contributed by atoms with E-state index in [1.807, 2.05) is 48.5 Å². The van der Waals surface area contributed by atoms with E-state index in [0.29, 0.717) is 68.2 Å². The first-order valence-electron chi connectivity index (χ1n) is 22.9. The molecule has 21 nitrogen and oxygen atoms in total. The number of amides is 4. The van der Waals surface area contributed by atoms with Gasteiger partial charge in [0.05, 0.1) is 56.9 Å². The topological polar surface area (TPSA) is 288 Å². The van der Waals surface area contributed by atoms with Gasteiger partial charge in [-0.05, 0) is 93.5 Å². The van der Waals surface area contributed by atoms with Crippen LogP contribution in [0.3, 0.4) is 0 Å². The van der Waals surface area contributed by atoms with Crippen LogP contribution in [0.25, 0.3) is 11.1 Å². The largest absolute Gasteiger partial charge is 0.493 e. The summed E-state index contributed by atoms with van der Waals surface area (Å²) in [6.45, 7) is 0.0954. The smallest absolute Gasteiger partial charge is 0.408 e. The molecule has 2 aliphatic rings. The summed E-state index contributed by atoms with van der Waals surface area (Å²) in [7, 11) is 12.1. The minimum absolute atomic E-state index is 0. The van der Waals surface area contributed by atoms with Gasteiger partial charge in [0.25, 0.3) is 5.91 Å². The quantitative estimate of drug-likeness (QED) is 0.0366. The number of alkyl carbamates (subject to hydrolysis) is 1. The lowest BCUT2D eigenvalue weighted by Crippen LogP contribution is -2.34. The molecule has 1 heterocycles. The van der Waals surface area contributed by atoms with Crippen molar-refractivity contribution in [1.29, 1.82) is 0 Å². The van der Waals surface area contributed by atoms with Crippen LogP contribution >= 0.6 is 0 Å². The number of aliphatic carboxylic acids is 2. The summed E-state index contributed by atoms with van der Waals surface area (Å²) in [6, 6.07) is 32.0. The van der Waals surface area contributed by atoms with E-state index in [0.717, 1.165) is 28.5 Å². The number of imide groups is 1. The molecule has 8 rings (SSSR count). The van der Waals surface area contributed by atoms with Crippen molar-refractivity contribution in [2.75, 3.05) is 63.5 Å². The van der Waals surface area contributed by atoms with Gasteiger partial charge in [0.2, 0.25) is 0 Å². The van der Waals surface area contributed by atoms with Crippen molar-refractivity contribution in [1.82, 2.24) is 16.0 Å². The Morgan fingerprint density at radius 3 is 1.44 bits per heavy atom. The van der Waals surface area contributed by atoms with Gasteiger partial charge in [0.1, 0.15) is 25.0 Å². The summed E-state index contributed by atoms with van der Waals surface area (Å²) >= 11 is 0. The van der Waals surface area contributed by atoms with E-state index in [1.54, 1.807) is 73.8 Å². The van der Waals surface area contributed by atoms with Gasteiger partial charge < -0.3 is 69.2 Å². The van der Waals surface area contributed by atoms with Crippen LogP contribution in [0.1, 0.15) is 84.5 Å². The van der Waals surface area contributed by atoms with E-state index in [9.17, 15) is 33.9 Å². The zero-order valence-corrected chi connectivity index (χ0v) is 42.7. The average molecular weight is 1100 g/mol. The molecular formula is C58H70N4O17. The lowest BCUT2D eigenvalue weighted by molar-refractivity contribution is -0.140. The summed E-state index contributed by atoms with van der Waals surface area (Å²) in [4.78, 5) is 67.9. The van der Waals surface area contributed by atoms with Crippen molar-refractivity contribution in [3.05, 3.63) is 155 Å². The number of carbonyl (C=O) groups is 6. The number of carboxylic acids is 2. The van der Waals surface area contributed by atoms with Crippen molar-refractivity contribution >= 4 is 36.3 Å². The highest BCUT2D eigenvalue weighted by atomic mass is 16.6. The lowest BCUT2D eigenvalue weighted by atomic mass is 9.98. The maximum absolute atomic E-state index is 12.5. The third-order valence-corrected chi connectivity index (χ3v) is 11.7. The minimum atomic E-state index is -1.30. The Morgan fingerprint density at radius 1 is 0.570 bits per heavy atom. The average Bonchev–Trinajstić information content (AvgIpc) is 3.98. The van der Waals surface area contributed by atoms with Gasteiger partial charge in [-0.25, -0.2) is 14.4 Å². The normalized spacial score (nSPS) is 12.9. The Balaban J connectivity index is 0.000000386. The zero-order valence-electron chi connectivity index (χ0n) is 42.7. The number of benzene rings is 6. The molecule has 0 spiro atoms. The number of fused-ring (bicyclic) bond motifs is 3. The summed E-state index contributed by atoms with van der Waals surface area (Å²) in [5.74, 6) is 1.33. The van der Waals surface area contributed by atoms with Crippen LogP contribution < -0.4 is 59.6 Å². The van der Waals surface area contributed by atoms with Crippen LogP contribution in [-0.2, 0) is 19.1 Å². The Morgan fingerprint density at radius 2 is 1.00 bits per heavy atom. The van der Waals surface area contributed by atoms with Crippen molar-refractivity contribution in [2.45, 2.75) is 46.3 Å². The SMILES string of the molecule is C.C.C.COc1ccc(C(N)C(=O)O)cc1OC.COc1ccc(C(NC(=O)OCC2c3ccccc3-c3ccccc32)C(=O)O)cc1OC.COc1ccc(C2NC(=O)NC2=O)cc1OC.COc1ccc(C=O)cc1OC. The minimum Gasteiger partial charge on any atom is -0.493 e. The molecule has 424 valence electrons. The molecule has 21 heteroatoms. The number of rotatable bonds is 17. The maximum atomic E-state index is 12.5. The van der Waals surface area contributed by atoms with Crippen molar-refractivity contribution in [3.63, 3.8) is 0 Å². The first kappa shape index (κ1) is 65.6. The molecule has 6 aromatic carbocycles. The van der Waals surface area contributed by atoms with E-state index in [2.05, 4.69) is 16.0 Å². The number of ether oxygens (including phenoxy) is 9. The van der Waals surface area contributed by atoms with Crippen LogP contribution in [0, 0.1) is 0 Å². The van der Waals surface area contributed by atoms with E-state index in [-0.39, 0.29) is 40.7 Å². The van der Waals surface area contributed by atoms with Crippen molar-refractivity contribution in [3.8, 4) is 57.1 Å². The number of nitrogens with one attached hydrogen (secondary N) is 3. The second-order valence-corrected chi connectivity index (χ2v) is 16.0. The predicted octanol–water partition coefficient (Wildman–Crippen LogP) is 9.17. The van der Waals surface area contributed by atoms with E-state index in [1.165, 1.54) is 55.8 Å². The first-order chi connectivity index (χ1) is 36.6. The molecule has 6 aromatic rings. The second kappa shape index (κ2) is 31.5. The van der Waals surface area contributed by atoms with Gasteiger partial charge in [-0.1, -0.05) is 89.0 Å². The number of methoxy groups -OCH3 is 8. The third kappa shape index (κ3) is 16.5. The Hall–Kier alpha value is -9.50. The monoisotopic (exact) mass is 1090 g/mol. The fourth-order valence-electron chi connectivity index (χ4n) is 7.88. The molecule has 3 unspecified atom stereocenters. The molecule has 3 atom stereocenters. The van der Waals surface area contributed by atoms with Crippen LogP contribution in [-0.4, -0.2) is 110 Å². The van der Waals surface area contributed by atoms with Gasteiger partial charge >= 0.3 is 24.1 Å². The lowest BCUT2D eigenvalue weighted by Gasteiger charge is -2.18. The third-order valence-electron chi connectivity index (χ3n) is 11.7. The second-order valence-electron chi connectivity index (χ2n) is 16.0. The van der Waals surface area contributed by atoms with Gasteiger partial charge in [0.15, 0.2) is 52.0 Å². The Labute approximate surface area is 459 Å². The van der Waals surface area contributed by atoms with Crippen molar-refractivity contribution in [2.24, 2.45) is 5.73 Å². The molecule has 7 N–H and O–H groups in total. The molecule has 1 fully saturated rings. The van der Waals surface area contributed by atoms with Gasteiger partial charge in [-0.3, -0.25) is 19.7 Å². The van der Waals surface area contributed by atoms with Crippen molar-refractivity contribution < 1.29 is 81.6 Å². The summed E-state index contributed by atoms with van der Waals surface area (Å²) in [5.41, 5.74) is 11.9. The number of hydrogen-bond donors (Lipinski definition) is 6. The summed E-state index contributed by atoms with van der Waals surface area (Å²) in [5, 5.41) is 25.5. The molecule has 0 radical (unpaired) electrons. The fourth-order valence-corrected chi connectivity index (χ4v) is 7.88. The molecule has 4 amide bonds.